The smallest absolute Gasteiger partial charge is 0.168 e. The van der Waals surface area contributed by atoms with Crippen molar-refractivity contribution in [2.75, 3.05) is 13.6 Å². The molecule has 0 amide bonds. The number of benzene rings is 2. The zero-order valence-corrected chi connectivity index (χ0v) is 22.2. The topological polar surface area (TPSA) is 45.5 Å². The molecule has 0 spiro atoms. The third kappa shape index (κ3) is 6.22. The lowest BCUT2D eigenvalue weighted by molar-refractivity contribution is 0.0969. The highest BCUT2D eigenvalue weighted by Crippen LogP contribution is 2.37. The van der Waals surface area contributed by atoms with Crippen molar-refractivity contribution < 1.29 is 9.90 Å². The predicted octanol–water partition coefficient (Wildman–Crippen LogP) is 7.52. The van der Waals surface area contributed by atoms with Crippen LogP contribution in [0, 0.1) is 11.8 Å². The van der Waals surface area contributed by atoms with Crippen LogP contribution in [0.15, 0.2) is 61.8 Å². The summed E-state index contributed by atoms with van der Waals surface area (Å²) in [6, 6.07) is 14.4. The average molecular weight is 507 g/mol. The van der Waals surface area contributed by atoms with Crippen molar-refractivity contribution in [1.82, 2.24) is 9.47 Å². The highest BCUT2D eigenvalue weighted by Gasteiger charge is 2.32. The van der Waals surface area contributed by atoms with Gasteiger partial charge in [0.1, 0.15) is 5.75 Å². The van der Waals surface area contributed by atoms with E-state index in [1.165, 1.54) is 31.2 Å². The number of fused-ring (bicyclic) bond motifs is 1. The molecule has 1 heterocycles. The van der Waals surface area contributed by atoms with Gasteiger partial charge in [0.2, 0.25) is 0 Å². The standard InChI is InChI=1S/C29H35ClN2O2.C2H4/c1-31(24-15-10-21(18-24)7-6-20-8-13-23(30)14-9-20)16-3-17-32-19-26(29(34)22-11-12-22)25-4-2-5-27(33)28(25)32;1-2/h2,4-5,8-9,13-14,19,21-22,24,33H,3,6-7,10-12,15-18H2,1H3;1-2H2. The van der Waals surface area contributed by atoms with Crippen molar-refractivity contribution >= 4 is 28.3 Å². The Labute approximate surface area is 220 Å². The first-order valence-corrected chi connectivity index (χ1v) is 13.7. The Bertz CT molecular complexity index is 1170. The van der Waals surface area contributed by atoms with Gasteiger partial charge in [0.25, 0.3) is 0 Å². The molecule has 0 radical (unpaired) electrons. The predicted molar refractivity (Wildman–Crippen MR) is 150 cm³/mol. The number of phenolic OH excluding ortho intramolecular Hbond substituents is 1. The van der Waals surface area contributed by atoms with E-state index in [4.69, 9.17) is 11.6 Å². The second kappa shape index (κ2) is 12.1. The SMILES string of the molecule is C=C.CN(CCCn1cc(C(=O)C2CC2)c2cccc(O)c21)C1CCC(CCc2ccc(Cl)cc2)C1. The molecular formula is C31H39ClN2O2. The summed E-state index contributed by atoms with van der Waals surface area (Å²) in [5, 5.41) is 12.2. The fourth-order valence-electron chi connectivity index (χ4n) is 5.68. The highest BCUT2D eigenvalue weighted by molar-refractivity contribution is 6.30. The van der Waals surface area contributed by atoms with Crippen LogP contribution in [-0.4, -0.2) is 40.0 Å². The number of rotatable bonds is 10. The number of aryl methyl sites for hydroxylation is 2. The zero-order chi connectivity index (χ0) is 25.7. The van der Waals surface area contributed by atoms with Gasteiger partial charge in [0.15, 0.2) is 5.78 Å². The summed E-state index contributed by atoms with van der Waals surface area (Å²) in [6.07, 6.45) is 11.2. The summed E-state index contributed by atoms with van der Waals surface area (Å²) in [4.78, 5) is 15.3. The molecule has 0 bridgehead atoms. The second-order valence-corrected chi connectivity index (χ2v) is 10.8. The first-order valence-electron chi connectivity index (χ1n) is 13.3. The van der Waals surface area contributed by atoms with Crippen LogP contribution in [0.3, 0.4) is 0 Å². The average Bonchev–Trinajstić information content (AvgIpc) is 3.52. The number of phenols is 1. The summed E-state index contributed by atoms with van der Waals surface area (Å²) in [6.45, 7) is 7.83. The van der Waals surface area contributed by atoms with Gasteiger partial charge in [-0.1, -0.05) is 35.9 Å². The number of aromatic nitrogens is 1. The van der Waals surface area contributed by atoms with Crippen LogP contribution in [0.1, 0.15) is 60.9 Å². The van der Waals surface area contributed by atoms with E-state index in [1.807, 2.05) is 30.5 Å². The number of hydrogen-bond acceptors (Lipinski definition) is 3. The molecule has 0 saturated heterocycles. The van der Waals surface area contributed by atoms with Crippen molar-refractivity contribution in [3.8, 4) is 5.75 Å². The van der Waals surface area contributed by atoms with Crippen LogP contribution >= 0.6 is 11.6 Å². The number of nitrogens with zero attached hydrogens (tertiary/aromatic N) is 2. The number of Topliss-reactive ketones (excluding diaryl/α,β-unsaturated/α-hetero) is 1. The van der Waals surface area contributed by atoms with Gasteiger partial charge in [-0.3, -0.25) is 4.79 Å². The van der Waals surface area contributed by atoms with Crippen molar-refractivity contribution in [2.45, 2.75) is 64.0 Å². The Hall–Kier alpha value is -2.56. The monoisotopic (exact) mass is 506 g/mol. The fourth-order valence-corrected chi connectivity index (χ4v) is 5.81. The third-order valence-corrected chi connectivity index (χ3v) is 8.14. The second-order valence-electron chi connectivity index (χ2n) is 10.4. The van der Waals surface area contributed by atoms with Crippen LogP contribution in [-0.2, 0) is 13.0 Å². The van der Waals surface area contributed by atoms with Gasteiger partial charge in [-0.25, -0.2) is 0 Å². The summed E-state index contributed by atoms with van der Waals surface area (Å²) in [5.41, 5.74) is 2.96. The Kier molecular flexibility index (Phi) is 8.92. The summed E-state index contributed by atoms with van der Waals surface area (Å²) in [5.74, 6) is 1.48. The molecule has 2 aliphatic carbocycles. The number of carbonyl (C=O) groups is 1. The lowest BCUT2D eigenvalue weighted by Gasteiger charge is -2.24. The van der Waals surface area contributed by atoms with Crippen molar-refractivity contribution in [3.05, 3.63) is 78.0 Å². The lowest BCUT2D eigenvalue weighted by Crippen LogP contribution is -2.31. The maximum Gasteiger partial charge on any atom is 0.168 e. The van der Waals surface area contributed by atoms with Crippen LogP contribution < -0.4 is 0 Å². The molecule has 5 rings (SSSR count). The van der Waals surface area contributed by atoms with Gasteiger partial charge in [-0.05, 0) is 94.6 Å². The van der Waals surface area contributed by atoms with E-state index in [1.54, 1.807) is 6.07 Å². The van der Waals surface area contributed by atoms with Crippen LogP contribution in [0.5, 0.6) is 5.75 Å². The molecule has 4 nitrogen and oxygen atoms in total. The third-order valence-electron chi connectivity index (χ3n) is 7.89. The molecule has 2 saturated carbocycles. The van der Waals surface area contributed by atoms with Gasteiger partial charge in [-0.2, -0.15) is 0 Å². The number of carbonyl (C=O) groups excluding carboxylic acids is 1. The minimum Gasteiger partial charge on any atom is -0.506 e. The molecule has 2 fully saturated rings. The summed E-state index contributed by atoms with van der Waals surface area (Å²) in [7, 11) is 2.25. The Morgan fingerprint density at radius 1 is 1.11 bits per heavy atom. The van der Waals surface area contributed by atoms with Crippen LogP contribution in [0.25, 0.3) is 10.9 Å². The number of ketones is 1. The van der Waals surface area contributed by atoms with Gasteiger partial charge < -0.3 is 14.6 Å². The van der Waals surface area contributed by atoms with Crippen molar-refractivity contribution in [1.29, 1.82) is 0 Å². The zero-order valence-electron chi connectivity index (χ0n) is 21.5. The largest absolute Gasteiger partial charge is 0.506 e. The van der Waals surface area contributed by atoms with E-state index in [9.17, 15) is 9.90 Å². The van der Waals surface area contributed by atoms with E-state index in [0.29, 0.717) is 6.04 Å². The molecule has 2 aromatic carbocycles. The first-order chi connectivity index (χ1) is 17.5. The Morgan fingerprint density at radius 3 is 2.58 bits per heavy atom. The molecule has 3 aromatic rings. The molecule has 192 valence electrons. The van der Waals surface area contributed by atoms with E-state index >= 15 is 0 Å². The minimum absolute atomic E-state index is 0.183. The van der Waals surface area contributed by atoms with E-state index < -0.39 is 0 Å². The summed E-state index contributed by atoms with van der Waals surface area (Å²) >= 11 is 6.01. The molecule has 0 aliphatic heterocycles. The number of aromatic hydroxyl groups is 1. The Morgan fingerprint density at radius 2 is 1.86 bits per heavy atom. The van der Waals surface area contributed by atoms with Gasteiger partial charge in [0, 0.05) is 40.7 Å². The first kappa shape index (κ1) is 26.5. The molecule has 2 aliphatic rings. The van der Waals surface area contributed by atoms with Gasteiger partial charge in [-0.15, -0.1) is 13.2 Å². The van der Waals surface area contributed by atoms with Gasteiger partial charge in [0.05, 0.1) is 5.52 Å². The molecule has 1 N–H and O–H groups in total. The van der Waals surface area contributed by atoms with Gasteiger partial charge >= 0.3 is 0 Å². The van der Waals surface area contributed by atoms with E-state index in [2.05, 4.69) is 41.8 Å². The Balaban J connectivity index is 0.00000148. The molecule has 2 atom stereocenters. The maximum absolute atomic E-state index is 12.8. The van der Waals surface area contributed by atoms with E-state index in [0.717, 1.165) is 66.2 Å². The molecule has 2 unspecified atom stereocenters. The lowest BCUT2D eigenvalue weighted by atomic mass is 9.98. The highest BCUT2D eigenvalue weighted by atomic mass is 35.5. The quantitative estimate of drug-likeness (QED) is 0.228. The van der Waals surface area contributed by atoms with Crippen molar-refractivity contribution in [2.24, 2.45) is 11.8 Å². The van der Waals surface area contributed by atoms with Crippen LogP contribution in [0.4, 0.5) is 0 Å². The molecule has 1 aromatic heterocycles. The number of hydrogen-bond donors (Lipinski definition) is 1. The number of halogens is 1. The summed E-state index contributed by atoms with van der Waals surface area (Å²) < 4.78 is 2.09. The van der Waals surface area contributed by atoms with E-state index in [-0.39, 0.29) is 17.5 Å². The molecule has 5 heteroatoms. The molecular weight excluding hydrogens is 468 g/mol. The normalized spacial score (nSPS) is 19.4. The van der Waals surface area contributed by atoms with Crippen LogP contribution in [0.2, 0.25) is 5.02 Å². The minimum atomic E-state index is 0.183. The number of para-hydroxylation sites is 1. The fraction of sp³-hybridized carbons (Fsp3) is 0.452. The maximum atomic E-state index is 12.8. The van der Waals surface area contributed by atoms with Crippen molar-refractivity contribution in [3.63, 3.8) is 0 Å². The molecule has 36 heavy (non-hydrogen) atoms.